The average Bonchev–Trinajstić information content (AvgIpc) is 2.50. The van der Waals surface area contributed by atoms with Gasteiger partial charge in [-0.25, -0.2) is 8.42 Å². The van der Waals surface area contributed by atoms with E-state index < -0.39 is 10.0 Å². The van der Waals surface area contributed by atoms with E-state index in [1.165, 1.54) is 12.4 Å². The van der Waals surface area contributed by atoms with Crippen LogP contribution >= 0.6 is 12.2 Å². The van der Waals surface area contributed by atoms with Crippen molar-refractivity contribution in [3.63, 3.8) is 0 Å². The van der Waals surface area contributed by atoms with Crippen molar-refractivity contribution in [2.75, 3.05) is 4.72 Å². The van der Waals surface area contributed by atoms with Crippen molar-refractivity contribution in [1.82, 2.24) is 10.4 Å². The molecule has 0 unspecified atom stereocenters. The largest absolute Gasteiger partial charge is 0.375 e. The van der Waals surface area contributed by atoms with E-state index in [1.807, 2.05) is 6.92 Å². The third-order valence-corrected chi connectivity index (χ3v) is 4.55. The molecule has 1 heterocycles. The van der Waals surface area contributed by atoms with Gasteiger partial charge in [0.05, 0.1) is 28.7 Å². The zero-order chi connectivity index (χ0) is 17.7. The predicted molar refractivity (Wildman–Crippen MR) is 98.5 cm³/mol. The number of nitrogens with two attached hydrogens (primary N) is 1. The fourth-order valence-corrected chi connectivity index (χ4v) is 3.01. The van der Waals surface area contributed by atoms with Crippen molar-refractivity contribution >= 4 is 39.3 Å². The normalized spacial score (nSPS) is 11.4. The molecule has 0 atom stereocenters. The number of nitrogens with zero attached hydrogens (tertiary/aromatic N) is 2. The van der Waals surface area contributed by atoms with Gasteiger partial charge in [-0.1, -0.05) is 17.7 Å². The number of aryl methyl sites for hydroxylation is 2. The van der Waals surface area contributed by atoms with Crippen LogP contribution in [0.3, 0.4) is 0 Å². The topological polar surface area (TPSA) is 109 Å². The number of nitrogens with one attached hydrogen (secondary N) is 2. The van der Waals surface area contributed by atoms with Crippen LogP contribution in [-0.2, 0) is 10.0 Å². The molecule has 2 rings (SSSR count). The highest BCUT2D eigenvalue weighted by molar-refractivity contribution is 7.92. The van der Waals surface area contributed by atoms with Gasteiger partial charge in [0, 0.05) is 0 Å². The van der Waals surface area contributed by atoms with Crippen molar-refractivity contribution in [3.8, 4) is 0 Å². The van der Waals surface area contributed by atoms with Crippen LogP contribution < -0.4 is 15.9 Å². The van der Waals surface area contributed by atoms with E-state index in [4.69, 9.17) is 5.73 Å². The minimum Gasteiger partial charge on any atom is -0.375 e. The summed E-state index contributed by atoms with van der Waals surface area (Å²) in [4.78, 5) is 4.32. The summed E-state index contributed by atoms with van der Waals surface area (Å²) >= 11 is 4.63. The van der Waals surface area contributed by atoms with Gasteiger partial charge < -0.3 is 5.73 Å². The molecule has 0 amide bonds. The maximum absolute atomic E-state index is 12.4. The molecule has 9 heteroatoms. The van der Waals surface area contributed by atoms with E-state index in [0.29, 0.717) is 16.9 Å². The molecule has 7 nitrogen and oxygen atoms in total. The van der Waals surface area contributed by atoms with Gasteiger partial charge in [0.15, 0.2) is 5.11 Å². The zero-order valence-electron chi connectivity index (χ0n) is 13.1. The summed E-state index contributed by atoms with van der Waals surface area (Å²) in [6.07, 6.45) is 2.87. The Morgan fingerprint density at radius 1 is 1.29 bits per heavy atom. The molecule has 0 spiro atoms. The fraction of sp³-hybridized carbons (Fsp3) is 0.133. The predicted octanol–water partition coefficient (Wildman–Crippen LogP) is 1.67. The van der Waals surface area contributed by atoms with Crippen LogP contribution in [0, 0.1) is 13.8 Å². The van der Waals surface area contributed by atoms with E-state index in [-0.39, 0.29) is 10.0 Å². The molecule has 0 aliphatic heterocycles. The molecule has 0 fully saturated rings. The van der Waals surface area contributed by atoms with Crippen molar-refractivity contribution in [3.05, 3.63) is 53.3 Å². The number of pyridine rings is 1. The van der Waals surface area contributed by atoms with Crippen molar-refractivity contribution in [1.29, 1.82) is 0 Å². The van der Waals surface area contributed by atoms with E-state index in [1.54, 1.807) is 37.3 Å². The van der Waals surface area contributed by atoms with Gasteiger partial charge in [0.2, 0.25) is 0 Å². The molecule has 0 aliphatic carbocycles. The van der Waals surface area contributed by atoms with Crippen molar-refractivity contribution in [2.45, 2.75) is 18.7 Å². The molecule has 4 N–H and O–H groups in total. The molecular formula is C15H17N5O2S2. The summed E-state index contributed by atoms with van der Waals surface area (Å²) in [5.74, 6) is 0. The first-order valence-corrected chi connectivity index (χ1v) is 8.82. The number of rotatable bonds is 5. The Bertz CT molecular complexity index is 877. The third kappa shape index (κ3) is 4.74. The number of anilines is 1. The SMILES string of the molecule is Cc1ccc(S(=O)(=O)Nc2cnc(/C=N/NC(N)=S)cc2C)cc1. The summed E-state index contributed by atoms with van der Waals surface area (Å²) in [6, 6.07) is 8.30. The zero-order valence-corrected chi connectivity index (χ0v) is 14.8. The maximum Gasteiger partial charge on any atom is 0.261 e. The first-order valence-electron chi connectivity index (χ1n) is 6.92. The Morgan fingerprint density at radius 2 is 1.96 bits per heavy atom. The minimum atomic E-state index is -3.66. The van der Waals surface area contributed by atoms with E-state index in [2.05, 4.69) is 32.5 Å². The van der Waals surface area contributed by atoms with Crippen molar-refractivity contribution in [2.24, 2.45) is 10.8 Å². The average molecular weight is 363 g/mol. The number of hydrogen-bond acceptors (Lipinski definition) is 5. The van der Waals surface area contributed by atoms with Gasteiger partial charge in [0.1, 0.15) is 0 Å². The Labute approximate surface area is 146 Å². The maximum atomic E-state index is 12.4. The molecule has 1 aromatic heterocycles. The second-order valence-electron chi connectivity index (χ2n) is 5.08. The fourth-order valence-electron chi connectivity index (χ4n) is 1.84. The Hall–Kier alpha value is -2.52. The van der Waals surface area contributed by atoms with Crippen molar-refractivity contribution < 1.29 is 8.42 Å². The lowest BCUT2D eigenvalue weighted by molar-refractivity contribution is 0.601. The van der Waals surface area contributed by atoms with Gasteiger partial charge >= 0.3 is 0 Å². The molecule has 126 valence electrons. The van der Waals surface area contributed by atoms with E-state index >= 15 is 0 Å². The first-order chi connectivity index (χ1) is 11.3. The number of benzene rings is 1. The standard InChI is InChI=1S/C15H17N5O2S2/c1-10-3-5-13(6-4-10)24(21,22)20-14-9-17-12(7-11(14)2)8-18-19-15(16)23/h3-9,20H,1-2H3,(H3,16,19,23)/b18-8+. The van der Waals surface area contributed by atoms with Crippen LogP contribution in [0.5, 0.6) is 0 Å². The van der Waals surface area contributed by atoms with Crippen LogP contribution in [0.4, 0.5) is 5.69 Å². The quantitative estimate of drug-likeness (QED) is 0.423. The molecule has 0 bridgehead atoms. The van der Waals surface area contributed by atoms with Crippen LogP contribution in [0.2, 0.25) is 0 Å². The Morgan fingerprint density at radius 3 is 2.54 bits per heavy atom. The lowest BCUT2D eigenvalue weighted by Gasteiger charge is -2.10. The van der Waals surface area contributed by atoms with Gasteiger partial charge in [0.25, 0.3) is 10.0 Å². The van der Waals surface area contributed by atoms with E-state index in [9.17, 15) is 8.42 Å². The summed E-state index contributed by atoms with van der Waals surface area (Å²) in [5, 5.41) is 3.85. The highest BCUT2D eigenvalue weighted by Gasteiger charge is 2.15. The highest BCUT2D eigenvalue weighted by atomic mass is 32.2. The minimum absolute atomic E-state index is 0.0467. The number of sulfonamides is 1. The summed E-state index contributed by atoms with van der Waals surface area (Å²) in [6.45, 7) is 3.66. The third-order valence-electron chi connectivity index (χ3n) is 3.08. The highest BCUT2D eigenvalue weighted by Crippen LogP contribution is 2.19. The summed E-state index contributed by atoms with van der Waals surface area (Å²) in [7, 11) is -3.66. The molecular weight excluding hydrogens is 346 g/mol. The van der Waals surface area contributed by atoms with Gasteiger partial charge in [-0.15, -0.1) is 0 Å². The molecule has 0 aliphatic rings. The van der Waals surface area contributed by atoms with Crippen LogP contribution in [0.25, 0.3) is 0 Å². The molecule has 0 radical (unpaired) electrons. The molecule has 1 aromatic carbocycles. The first kappa shape index (κ1) is 17.8. The second kappa shape index (κ2) is 7.37. The monoisotopic (exact) mass is 363 g/mol. The number of hydrogen-bond donors (Lipinski definition) is 3. The number of thiocarbonyl (C=S) groups is 1. The van der Waals surface area contributed by atoms with Gasteiger partial charge in [-0.3, -0.25) is 15.1 Å². The number of aromatic nitrogens is 1. The summed E-state index contributed by atoms with van der Waals surface area (Å²) in [5.41, 5.74) is 10.3. The lowest BCUT2D eigenvalue weighted by atomic mass is 10.2. The van der Waals surface area contributed by atoms with Crippen LogP contribution in [0.15, 0.2) is 46.5 Å². The molecule has 0 saturated heterocycles. The lowest BCUT2D eigenvalue weighted by Crippen LogP contribution is -2.24. The Kier molecular flexibility index (Phi) is 5.47. The molecule has 0 saturated carbocycles. The van der Waals surface area contributed by atoms with E-state index in [0.717, 1.165) is 5.56 Å². The summed E-state index contributed by atoms with van der Waals surface area (Å²) < 4.78 is 27.3. The van der Waals surface area contributed by atoms with Gasteiger partial charge in [-0.05, 0) is 49.8 Å². The molecule has 2 aromatic rings. The number of hydrazone groups is 1. The van der Waals surface area contributed by atoms with Crippen LogP contribution in [-0.4, -0.2) is 24.7 Å². The van der Waals surface area contributed by atoms with Gasteiger partial charge in [-0.2, -0.15) is 5.10 Å². The molecule has 24 heavy (non-hydrogen) atoms. The Balaban J connectivity index is 2.19. The second-order valence-corrected chi connectivity index (χ2v) is 7.20. The van der Waals surface area contributed by atoms with Crippen LogP contribution in [0.1, 0.15) is 16.8 Å². The smallest absolute Gasteiger partial charge is 0.261 e.